The van der Waals surface area contributed by atoms with Gasteiger partial charge in [-0.15, -0.1) is 0 Å². The van der Waals surface area contributed by atoms with Crippen LogP contribution >= 0.6 is 0 Å². The number of nitrogens with one attached hydrogen (secondary N) is 3. The van der Waals surface area contributed by atoms with Crippen molar-refractivity contribution in [3.8, 4) is 0 Å². The van der Waals surface area contributed by atoms with Crippen LogP contribution in [0.25, 0.3) is 0 Å². The van der Waals surface area contributed by atoms with Gasteiger partial charge in [-0.1, -0.05) is 25.7 Å². The van der Waals surface area contributed by atoms with Gasteiger partial charge in [0.15, 0.2) is 23.3 Å². The molecule has 4 fully saturated rings. The summed E-state index contributed by atoms with van der Waals surface area (Å²) in [6, 6.07) is 0.434. The van der Waals surface area contributed by atoms with E-state index < -0.39 is 11.9 Å². The van der Waals surface area contributed by atoms with Gasteiger partial charge in [-0.25, -0.2) is 19.8 Å². The molecule has 1 aromatic heterocycles. The first-order valence-corrected chi connectivity index (χ1v) is 16.2. The second kappa shape index (κ2) is 13.6. The maximum atomic E-state index is 13.0. The number of piperazine rings is 1. The summed E-state index contributed by atoms with van der Waals surface area (Å²) in [6.07, 6.45) is 10.2. The molecule has 4 N–H and O–H groups in total. The second-order valence-corrected chi connectivity index (χ2v) is 13.3. The van der Waals surface area contributed by atoms with Crippen molar-refractivity contribution >= 4 is 41.9 Å². The molecule has 43 heavy (non-hydrogen) atoms. The number of carbonyl (C=O) groups excluding carboxylic acids is 1. The largest absolute Gasteiger partial charge is 0.465 e. The number of rotatable bonds is 11. The number of hydrogen-bond donors (Lipinski definition) is 4. The van der Waals surface area contributed by atoms with Crippen LogP contribution in [-0.4, -0.2) is 93.9 Å². The van der Waals surface area contributed by atoms with Gasteiger partial charge >= 0.3 is 6.09 Å². The molecule has 5 rings (SSSR count). The third-order valence-electron chi connectivity index (χ3n) is 9.89. The Hall–Kier alpha value is -3.28. The van der Waals surface area contributed by atoms with E-state index in [1.807, 2.05) is 0 Å². The molecule has 1 aliphatic heterocycles. The molecule has 3 atom stereocenters. The Bertz CT molecular complexity index is 1200. The zero-order chi connectivity index (χ0) is 30.7. The molecule has 0 radical (unpaired) electrons. The quantitative estimate of drug-likeness (QED) is 0.213. The lowest BCUT2D eigenvalue weighted by molar-refractivity contribution is -0.138. The van der Waals surface area contributed by atoms with E-state index in [4.69, 9.17) is 10.4 Å². The lowest BCUT2D eigenvalue weighted by Crippen LogP contribution is -2.60. The average molecular weight is 596 g/mol. The maximum absolute atomic E-state index is 13.0. The molecule has 2 amide bonds. The number of carbonyl (C=O) groups is 2. The number of amides is 2. The first-order valence-electron chi connectivity index (χ1n) is 16.2. The van der Waals surface area contributed by atoms with E-state index in [0.717, 1.165) is 57.3 Å². The van der Waals surface area contributed by atoms with Crippen molar-refractivity contribution in [3.63, 3.8) is 0 Å². The van der Waals surface area contributed by atoms with Gasteiger partial charge in [0.2, 0.25) is 5.91 Å². The first-order chi connectivity index (χ1) is 20.6. The fourth-order valence-electron chi connectivity index (χ4n) is 6.88. The highest BCUT2D eigenvalue weighted by Crippen LogP contribution is 2.39. The molecule has 1 aromatic rings. The standard InChI is InChI=1S/C31H49N9O3/c1-19-16-40(30(41)24-13-14-24)20(2)15-38(19)18-39(17-22-9-6-5-7-10-22)25-27(33-4)36-29(26(32)35-31(42)43)37-28(25)34-21(3)23-11-8-12-23/h19-24H,4-18H2,1-3H3,(H2,32,35)(H,42,43)(H,34,36,37)/t19-,20+,21-/m1/s1. The molecule has 3 aliphatic carbocycles. The molecule has 0 unspecified atom stereocenters. The lowest BCUT2D eigenvalue weighted by Gasteiger charge is -2.46. The highest BCUT2D eigenvalue weighted by molar-refractivity contribution is 6.02. The Balaban J connectivity index is 1.48. The molecule has 0 spiro atoms. The lowest BCUT2D eigenvalue weighted by atomic mass is 9.80. The Morgan fingerprint density at radius 2 is 1.79 bits per heavy atom. The normalized spacial score (nSPS) is 24.1. The van der Waals surface area contributed by atoms with E-state index in [0.29, 0.717) is 42.6 Å². The van der Waals surface area contributed by atoms with Crippen molar-refractivity contribution in [1.82, 2.24) is 25.1 Å². The van der Waals surface area contributed by atoms with Crippen LogP contribution in [0.5, 0.6) is 0 Å². The van der Waals surface area contributed by atoms with Crippen LogP contribution < -0.4 is 15.5 Å². The third-order valence-corrected chi connectivity index (χ3v) is 9.89. The number of amidine groups is 1. The Morgan fingerprint density at radius 1 is 1.07 bits per heavy atom. The first kappa shape index (κ1) is 31.2. The number of anilines is 2. The summed E-state index contributed by atoms with van der Waals surface area (Å²) in [5.41, 5.74) is 0.745. The maximum Gasteiger partial charge on any atom is 0.410 e. The van der Waals surface area contributed by atoms with Crippen molar-refractivity contribution in [2.24, 2.45) is 22.7 Å². The van der Waals surface area contributed by atoms with Crippen molar-refractivity contribution in [2.75, 3.05) is 36.5 Å². The summed E-state index contributed by atoms with van der Waals surface area (Å²) in [7, 11) is 0. The zero-order valence-corrected chi connectivity index (χ0v) is 26.0. The summed E-state index contributed by atoms with van der Waals surface area (Å²) in [5, 5.41) is 23.3. The summed E-state index contributed by atoms with van der Waals surface area (Å²) in [6.45, 7) is 13.2. The molecule has 3 saturated carbocycles. The van der Waals surface area contributed by atoms with E-state index in [1.165, 1.54) is 25.7 Å². The number of aromatic nitrogens is 2. The van der Waals surface area contributed by atoms with Gasteiger partial charge in [0.1, 0.15) is 5.69 Å². The predicted octanol–water partition coefficient (Wildman–Crippen LogP) is 4.68. The monoisotopic (exact) mass is 595 g/mol. The summed E-state index contributed by atoms with van der Waals surface area (Å²) in [5.74, 6) is 2.00. The minimum Gasteiger partial charge on any atom is -0.465 e. The average Bonchev–Trinajstić information content (AvgIpc) is 3.78. The van der Waals surface area contributed by atoms with Crippen LogP contribution in [0.15, 0.2) is 4.99 Å². The van der Waals surface area contributed by atoms with Crippen molar-refractivity contribution in [1.29, 1.82) is 5.41 Å². The Morgan fingerprint density at radius 3 is 2.40 bits per heavy atom. The molecule has 0 bridgehead atoms. The summed E-state index contributed by atoms with van der Waals surface area (Å²) < 4.78 is 0. The molecule has 4 aliphatic rings. The fraction of sp³-hybridized carbons (Fsp3) is 0.742. The highest BCUT2D eigenvalue weighted by Gasteiger charge is 2.40. The SMILES string of the molecule is C=Nc1nc(C(=N)NC(=O)O)nc(N[C@H](C)C2CCC2)c1N(CC1CCCCC1)CN1C[C@H](C)N(C(=O)C2CC2)C[C@H]1C. The summed E-state index contributed by atoms with van der Waals surface area (Å²) >= 11 is 0. The molecule has 236 valence electrons. The number of nitrogens with zero attached hydrogens (tertiary/aromatic N) is 6. The predicted molar refractivity (Wildman–Crippen MR) is 169 cm³/mol. The van der Waals surface area contributed by atoms with Crippen LogP contribution in [0.2, 0.25) is 0 Å². The van der Waals surface area contributed by atoms with E-state index in [2.05, 4.69) is 62.8 Å². The van der Waals surface area contributed by atoms with Crippen LogP contribution in [-0.2, 0) is 4.79 Å². The van der Waals surface area contributed by atoms with Gasteiger partial charge < -0.3 is 20.2 Å². The van der Waals surface area contributed by atoms with Crippen molar-refractivity contribution < 1.29 is 14.7 Å². The minimum atomic E-state index is -1.34. The van der Waals surface area contributed by atoms with E-state index >= 15 is 0 Å². The van der Waals surface area contributed by atoms with Gasteiger partial charge in [-0.3, -0.25) is 20.4 Å². The molecule has 2 heterocycles. The van der Waals surface area contributed by atoms with E-state index in [-0.39, 0.29) is 29.9 Å². The van der Waals surface area contributed by atoms with Crippen LogP contribution in [0.4, 0.5) is 22.1 Å². The number of carboxylic acid groups (broad SMARTS) is 1. The van der Waals surface area contributed by atoms with Gasteiger partial charge in [0, 0.05) is 43.7 Å². The van der Waals surface area contributed by atoms with Gasteiger partial charge in [-0.2, -0.15) is 0 Å². The minimum absolute atomic E-state index is 0.0383. The molecular formula is C31H49N9O3. The van der Waals surface area contributed by atoms with Gasteiger partial charge in [0.25, 0.3) is 0 Å². The Kier molecular flexibility index (Phi) is 9.83. The molecular weight excluding hydrogens is 546 g/mol. The van der Waals surface area contributed by atoms with Crippen LogP contribution in [0.3, 0.4) is 0 Å². The van der Waals surface area contributed by atoms with E-state index in [1.54, 1.807) is 0 Å². The molecule has 12 heteroatoms. The summed E-state index contributed by atoms with van der Waals surface area (Å²) in [4.78, 5) is 44.8. The zero-order valence-electron chi connectivity index (χ0n) is 26.0. The van der Waals surface area contributed by atoms with Gasteiger partial charge in [0.05, 0.1) is 6.67 Å². The van der Waals surface area contributed by atoms with Crippen LogP contribution in [0, 0.1) is 23.2 Å². The molecule has 12 nitrogen and oxygen atoms in total. The van der Waals surface area contributed by atoms with Gasteiger partial charge in [-0.05, 0) is 77.8 Å². The molecule has 1 saturated heterocycles. The van der Waals surface area contributed by atoms with E-state index in [9.17, 15) is 14.7 Å². The highest BCUT2D eigenvalue weighted by atomic mass is 16.4. The van der Waals surface area contributed by atoms with Crippen molar-refractivity contribution in [3.05, 3.63) is 5.82 Å². The topological polar surface area (TPSA) is 150 Å². The smallest absolute Gasteiger partial charge is 0.410 e. The van der Waals surface area contributed by atoms with Crippen LogP contribution in [0.1, 0.15) is 90.8 Å². The number of aliphatic imine (C=N–C) groups is 1. The third kappa shape index (κ3) is 7.45. The van der Waals surface area contributed by atoms with Crippen molar-refractivity contribution in [2.45, 2.75) is 103 Å². The Labute approximate surface area is 255 Å². The fourth-order valence-corrected chi connectivity index (χ4v) is 6.88. The second-order valence-electron chi connectivity index (χ2n) is 13.3. The number of hydrogen-bond acceptors (Lipinski definition) is 9. The molecule has 0 aromatic carbocycles.